The summed E-state index contributed by atoms with van der Waals surface area (Å²) in [6, 6.07) is 4.33. The number of methoxy groups -OCH3 is 1. The summed E-state index contributed by atoms with van der Waals surface area (Å²) in [5.41, 5.74) is -0.888. The normalized spacial score (nSPS) is 15.7. The van der Waals surface area contributed by atoms with E-state index in [-0.39, 0.29) is 57.7 Å². The van der Waals surface area contributed by atoms with Crippen molar-refractivity contribution < 1.29 is 71.1 Å². The average molecular weight is 705 g/mol. The predicted octanol–water partition coefficient (Wildman–Crippen LogP) is 4.19. The number of carbonyl (C=O) groups is 6. The maximum absolute atomic E-state index is 14.7. The number of hydrogen-bond acceptors (Lipinski definition) is 16. The molecule has 0 saturated heterocycles. The summed E-state index contributed by atoms with van der Waals surface area (Å²) in [5, 5.41) is -0.389. The molecule has 2 aliphatic heterocycles. The molecule has 16 heteroatoms. The monoisotopic (exact) mass is 704 g/mol. The Balaban J connectivity index is 1.70. The van der Waals surface area contributed by atoms with E-state index in [0.717, 1.165) is 40.7 Å². The Bertz CT molecular complexity index is 2330. The van der Waals surface area contributed by atoms with Crippen LogP contribution in [-0.2, 0) is 30.4 Å². The molecule has 0 bridgehead atoms. The smallest absolute Gasteiger partial charge is 0.347 e. The highest BCUT2D eigenvalue weighted by molar-refractivity contribution is 6.19. The van der Waals surface area contributed by atoms with E-state index in [4.69, 9.17) is 42.3 Å². The second-order valence-electron chi connectivity index (χ2n) is 11.6. The van der Waals surface area contributed by atoms with Crippen molar-refractivity contribution in [1.82, 2.24) is 0 Å². The lowest BCUT2D eigenvalue weighted by Crippen LogP contribution is -2.48. The summed E-state index contributed by atoms with van der Waals surface area (Å²) < 4.78 is 50.8. The van der Waals surface area contributed by atoms with Gasteiger partial charge in [-0.1, -0.05) is 0 Å². The van der Waals surface area contributed by atoms with Crippen LogP contribution in [0.25, 0.3) is 21.5 Å². The van der Waals surface area contributed by atoms with Crippen molar-refractivity contribution in [2.24, 2.45) is 0 Å². The first-order valence-electron chi connectivity index (χ1n) is 15.2. The molecule has 16 nitrogen and oxygen atoms in total. The van der Waals surface area contributed by atoms with Crippen molar-refractivity contribution in [3.63, 3.8) is 0 Å². The number of hydrogen-bond donors (Lipinski definition) is 0. The van der Waals surface area contributed by atoms with E-state index in [9.17, 15) is 33.6 Å². The van der Waals surface area contributed by atoms with E-state index in [2.05, 4.69) is 0 Å². The molecule has 4 aromatic rings. The van der Waals surface area contributed by atoms with Crippen LogP contribution < -0.4 is 43.5 Å². The quantitative estimate of drug-likeness (QED) is 0.204. The number of Topliss-reactive ketones (excluding diaryl/α,β-unsaturated/α-hetero) is 1. The number of benzene rings is 3. The highest BCUT2D eigenvalue weighted by Gasteiger charge is 2.57. The topological polar surface area (TPSA) is 206 Å². The van der Waals surface area contributed by atoms with Gasteiger partial charge >= 0.3 is 41.3 Å². The number of fused-ring (bicyclic) bond motifs is 4. The number of ether oxygens (including phenoxy) is 8. The minimum absolute atomic E-state index is 0.0507. The summed E-state index contributed by atoms with van der Waals surface area (Å²) in [6.45, 7) is 6.90. The SMILES string of the molecule is COc1cc(OC(C)=O)c2c(OC(C)=O)c3c(c(OC(C)=O)c2c1OC(C)=O)OC1(CCc2cc4cc(C)oc(=O)c4c(OC(C)=O)c2O1)C3=O. The van der Waals surface area contributed by atoms with Crippen LogP contribution in [0.3, 0.4) is 0 Å². The number of rotatable bonds is 6. The molecule has 0 radical (unpaired) electrons. The molecule has 1 aromatic heterocycles. The summed E-state index contributed by atoms with van der Waals surface area (Å²) in [6.07, 6.45) is -0.152. The zero-order valence-electron chi connectivity index (χ0n) is 28.2. The Morgan fingerprint density at radius 1 is 0.647 bits per heavy atom. The van der Waals surface area contributed by atoms with Crippen molar-refractivity contribution in [3.8, 4) is 46.0 Å². The second kappa shape index (κ2) is 12.5. The molecule has 51 heavy (non-hydrogen) atoms. The summed E-state index contributed by atoms with van der Waals surface area (Å²) in [5.74, 6) is -10.3. The van der Waals surface area contributed by atoms with Gasteiger partial charge in [-0.05, 0) is 36.4 Å². The Hall–Kier alpha value is -6.45. The van der Waals surface area contributed by atoms with Crippen LogP contribution in [0, 0.1) is 6.92 Å². The molecule has 1 spiro atoms. The lowest BCUT2D eigenvalue weighted by Gasteiger charge is -2.34. The average Bonchev–Trinajstić information content (AvgIpc) is 3.29. The van der Waals surface area contributed by atoms with Gasteiger partial charge < -0.3 is 42.3 Å². The van der Waals surface area contributed by atoms with Crippen LogP contribution in [0.4, 0.5) is 0 Å². The number of carbonyl (C=O) groups excluding carboxylic acids is 6. The fourth-order valence-corrected chi connectivity index (χ4v) is 6.11. The van der Waals surface area contributed by atoms with E-state index in [1.54, 1.807) is 19.1 Å². The largest absolute Gasteiger partial charge is 0.493 e. The van der Waals surface area contributed by atoms with Gasteiger partial charge in [0.05, 0.1) is 17.9 Å². The Morgan fingerprint density at radius 3 is 1.78 bits per heavy atom. The van der Waals surface area contributed by atoms with Crippen molar-refractivity contribution >= 4 is 57.2 Å². The fourth-order valence-electron chi connectivity index (χ4n) is 6.11. The first-order valence-corrected chi connectivity index (χ1v) is 15.2. The zero-order chi connectivity index (χ0) is 37.1. The molecule has 0 N–H and O–H groups in total. The minimum Gasteiger partial charge on any atom is -0.493 e. The molecule has 3 heterocycles. The third-order valence-corrected chi connectivity index (χ3v) is 7.77. The van der Waals surface area contributed by atoms with E-state index in [1.807, 2.05) is 0 Å². The van der Waals surface area contributed by atoms with Crippen LogP contribution in [0.2, 0.25) is 0 Å². The third-order valence-electron chi connectivity index (χ3n) is 7.77. The molecule has 0 fully saturated rings. The number of aryl methyl sites for hydroxylation is 2. The van der Waals surface area contributed by atoms with Crippen molar-refractivity contribution in [3.05, 3.63) is 45.5 Å². The zero-order valence-corrected chi connectivity index (χ0v) is 28.2. The standard InChI is InChI=1S/C35H28O16/c1-13-10-20-11-19-8-9-35(50-27(19)30(48-17(5)39)23(20)34(42)44-13)33(41)26-29(47-16(4)38)24-21(45-14(2)36)12-22(43-7)28(46-15(3)37)25(24)31(32(26)51-35)49-18(6)40/h10-12H,8-9H2,1-7H3. The van der Waals surface area contributed by atoms with Crippen molar-refractivity contribution in [2.45, 2.75) is 60.2 Å². The molecule has 3 aromatic carbocycles. The highest BCUT2D eigenvalue weighted by Crippen LogP contribution is 2.60. The van der Waals surface area contributed by atoms with Gasteiger partial charge in [0, 0.05) is 47.1 Å². The van der Waals surface area contributed by atoms with Crippen molar-refractivity contribution in [1.29, 1.82) is 0 Å². The van der Waals surface area contributed by atoms with Crippen LogP contribution in [0.15, 0.2) is 27.4 Å². The Kier molecular flexibility index (Phi) is 8.41. The summed E-state index contributed by atoms with van der Waals surface area (Å²) in [7, 11) is 1.21. The summed E-state index contributed by atoms with van der Waals surface area (Å²) in [4.78, 5) is 89.9. The first kappa shape index (κ1) is 34.4. The molecule has 264 valence electrons. The molecule has 0 saturated carbocycles. The first-order chi connectivity index (χ1) is 24.0. The van der Waals surface area contributed by atoms with Crippen LogP contribution >= 0.6 is 0 Å². The van der Waals surface area contributed by atoms with Gasteiger partial charge in [-0.25, -0.2) is 4.79 Å². The minimum atomic E-state index is -2.31. The van der Waals surface area contributed by atoms with E-state index < -0.39 is 69.9 Å². The van der Waals surface area contributed by atoms with Gasteiger partial charge in [0.25, 0.3) is 5.78 Å². The van der Waals surface area contributed by atoms with Crippen molar-refractivity contribution in [2.75, 3.05) is 7.11 Å². The summed E-state index contributed by atoms with van der Waals surface area (Å²) >= 11 is 0. The molecule has 0 amide bonds. The Labute approximate surface area is 287 Å². The maximum atomic E-state index is 14.7. The van der Waals surface area contributed by atoms with E-state index in [0.29, 0.717) is 16.7 Å². The lowest BCUT2D eigenvalue weighted by molar-refractivity contribution is -0.133. The molecule has 6 rings (SSSR count). The Morgan fingerprint density at radius 2 is 1.20 bits per heavy atom. The molecular weight excluding hydrogens is 676 g/mol. The van der Waals surface area contributed by atoms with Gasteiger partial charge in [-0.2, -0.15) is 0 Å². The van der Waals surface area contributed by atoms with Gasteiger partial charge in [0.1, 0.15) is 22.5 Å². The van der Waals surface area contributed by atoms with E-state index >= 15 is 0 Å². The maximum Gasteiger partial charge on any atom is 0.347 e. The highest BCUT2D eigenvalue weighted by atomic mass is 16.7. The molecule has 0 aliphatic carbocycles. The lowest BCUT2D eigenvalue weighted by atomic mass is 9.91. The second-order valence-corrected chi connectivity index (χ2v) is 11.6. The number of esters is 5. The van der Waals surface area contributed by atoms with Crippen LogP contribution in [-0.4, -0.2) is 48.5 Å². The van der Waals surface area contributed by atoms with Gasteiger partial charge in [-0.3, -0.25) is 28.8 Å². The van der Waals surface area contributed by atoms with Gasteiger partial charge in [0.15, 0.2) is 40.2 Å². The molecule has 2 aliphatic rings. The van der Waals surface area contributed by atoms with Crippen LogP contribution in [0.1, 0.15) is 62.7 Å². The van der Waals surface area contributed by atoms with Gasteiger partial charge in [0.2, 0.25) is 0 Å². The number of ketones is 1. The van der Waals surface area contributed by atoms with Gasteiger partial charge in [-0.15, -0.1) is 0 Å². The van der Waals surface area contributed by atoms with Crippen LogP contribution in [0.5, 0.6) is 46.0 Å². The molecular formula is C35H28O16. The predicted molar refractivity (Wildman–Crippen MR) is 171 cm³/mol. The third kappa shape index (κ3) is 5.83. The van der Waals surface area contributed by atoms with E-state index in [1.165, 1.54) is 7.11 Å². The molecule has 1 atom stereocenters. The molecule has 1 unspecified atom stereocenters. The fraction of sp³-hybridized carbons (Fsp3) is 0.286.